The standard InChI is InChI=1S/C15H23N3O/c16-14(8-12-4-2-1-3-5-12)10-17-11-15(19)18-9-13-6-7-13/h1-5,13-14,17H,6-11,16H2,(H,18,19)/t14-/m0/s1. The van der Waals surface area contributed by atoms with E-state index < -0.39 is 0 Å². The molecule has 4 heteroatoms. The number of rotatable bonds is 8. The molecule has 4 nitrogen and oxygen atoms in total. The average molecular weight is 261 g/mol. The van der Waals surface area contributed by atoms with E-state index in [1.807, 2.05) is 18.2 Å². The van der Waals surface area contributed by atoms with Crippen molar-refractivity contribution in [1.29, 1.82) is 0 Å². The summed E-state index contributed by atoms with van der Waals surface area (Å²) in [6.45, 7) is 1.84. The molecule has 0 heterocycles. The minimum atomic E-state index is 0.0404. The van der Waals surface area contributed by atoms with Crippen LogP contribution in [0.3, 0.4) is 0 Å². The second-order valence-corrected chi connectivity index (χ2v) is 5.33. The van der Waals surface area contributed by atoms with Crippen LogP contribution in [0.4, 0.5) is 0 Å². The number of amides is 1. The van der Waals surface area contributed by atoms with E-state index in [1.54, 1.807) is 0 Å². The van der Waals surface area contributed by atoms with E-state index >= 15 is 0 Å². The van der Waals surface area contributed by atoms with Gasteiger partial charge in [-0.05, 0) is 30.7 Å². The highest BCUT2D eigenvalue weighted by Crippen LogP contribution is 2.27. The fraction of sp³-hybridized carbons (Fsp3) is 0.533. The fourth-order valence-corrected chi connectivity index (χ4v) is 2.00. The van der Waals surface area contributed by atoms with E-state index in [1.165, 1.54) is 18.4 Å². The largest absolute Gasteiger partial charge is 0.355 e. The van der Waals surface area contributed by atoms with Gasteiger partial charge in [0.1, 0.15) is 0 Å². The van der Waals surface area contributed by atoms with E-state index in [0.717, 1.165) is 18.9 Å². The Kier molecular flexibility index (Phi) is 5.36. The van der Waals surface area contributed by atoms with Crippen LogP contribution in [0, 0.1) is 5.92 Å². The Balaban J connectivity index is 1.55. The summed E-state index contributed by atoms with van der Waals surface area (Å²) in [6.07, 6.45) is 3.35. The van der Waals surface area contributed by atoms with Crippen molar-refractivity contribution < 1.29 is 4.79 Å². The van der Waals surface area contributed by atoms with Crippen LogP contribution in [0.5, 0.6) is 0 Å². The second-order valence-electron chi connectivity index (χ2n) is 5.33. The third kappa shape index (κ3) is 5.85. The number of nitrogens with one attached hydrogen (secondary N) is 2. The Morgan fingerprint density at radius 1 is 1.32 bits per heavy atom. The summed E-state index contributed by atoms with van der Waals surface area (Å²) >= 11 is 0. The van der Waals surface area contributed by atoms with Crippen LogP contribution in [0.2, 0.25) is 0 Å². The van der Waals surface area contributed by atoms with Crippen molar-refractivity contribution in [2.75, 3.05) is 19.6 Å². The van der Waals surface area contributed by atoms with Crippen LogP contribution in [-0.2, 0) is 11.2 Å². The fourth-order valence-electron chi connectivity index (χ4n) is 2.00. The quantitative estimate of drug-likeness (QED) is 0.644. The molecular weight excluding hydrogens is 238 g/mol. The van der Waals surface area contributed by atoms with E-state index in [-0.39, 0.29) is 11.9 Å². The molecule has 1 atom stereocenters. The maximum absolute atomic E-state index is 11.5. The number of carbonyl (C=O) groups is 1. The van der Waals surface area contributed by atoms with E-state index in [0.29, 0.717) is 13.1 Å². The molecule has 2 rings (SSSR count). The van der Waals surface area contributed by atoms with Crippen LogP contribution in [0.1, 0.15) is 18.4 Å². The van der Waals surface area contributed by atoms with Crippen LogP contribution in [0.15, 0.2) is 30.3 Å². The maximum Gasteiger partial charge on any atom is 0.233 e. The number of nitrogens with two attached hydrogens (primary N) is 1. The number of hydrogen-bond donors (Lipinski definition) is 3. The van der Waals surface area contributed by atoms with Gasteiger partial charge in [0.25, 0.3) is 0 Å². The molecule has 0 aromatic heterocycles. The van der Waals surface area contributed by atoms with Crippen LogP contribution in [-0.4, -0.2) is 31.6 Å². The van der Waals surface area contributed by atoms with Crippen molar-refractivity contribution in [2.24, 2.45) is 11.7 Å². The first-order valence-corrected chi connectivity index (χ1v) is 7.01. The first-order valence-electron chi connectivity index (χ1n) is 7.01. The predicted octanol–water partition coefficient (Wildman–Crippen LogP) is 0.672. The Morgan fingerprint density at radius 3 is 2.74 bits per heavy atom. The van der Waals surface area contributed by atoms with Crippen LogP contribution >= 0.6 is 0 Å². The summed E-state index contributed by atoms with van der Waals surface area (Å²) in [6, 6.07) is 10.2. The summed E-state index contributed by atoms with van der Waals surface area (Å²) in [7, 11) is 0. The highest BCUT2D eigenvalue weighted by atomic mass is 16.1. The molecule has 0 unspecified atom stereocenters. The van der Waals surface area contributed by atoms with Crippen molar-refractivity contribution in [2.45, 2.75) is 25.3 Å². The molecule has 0 spiro atoms. The molecule has 1 aliphatic rings. The van der Waals surface area contributed by atoms with Gasteiger partial charge in [-0.25, -0.2) is 0 Å². The third-order valence-corrected chi connectivity index (χ3v) is 3.32. The molecule has 0 aliphatic heterocycles. The van der Waals surface area contributed by atoms with Crippen LogP contribution in [0.25, 0.3) is 0 Å². The smallest absolute Gasteiger partial charge is 0.233 e. The zero-order valence-electron chi connectivity index (χ0n) is 11.3. The zero-order valence-corrected chi connectivity index (χ0v) is 11.3. The molecule has 1 saturated carbocycles. The zero-order chi connectivity index (χ0) is 13.5. The van der Waals surface area contributed by atoms with Gasteiger partial charge < -0.3 is 16.4 Å². The van der Waals surface area contributed by atoms with Gasteiger partial charge in [-0.1, -0.05) is 30.3 Å². The van der Waals surface area contributed by atoms with Crippen molar-refractivity contribution >= 4 is 5.91 Å². The van der Waals surface area contributed by atoms with Gasteiger partial charge in [-0.3, -0.25) is 4.79 Å². The van der Waals surface area contributed by atoms with Crippen LogP contribution < -0.4 is 16.4 Å². The van der Waals surface area contributed by atoms with Gasteiger partial charge >= 0.3 is 0 Å². The van der Waals surface area contributed by atoms with Gasteiger partial charge in [0, 0.05) is 19.1 Å². The first kappa shape index (κ1) is 14.0. The Labute approximate surface area is 114 Å². The van der Waals surface area contributed by atoms with Gasteiger partial charge in [-0.15, -0.1) is 0 Å². The minimum Gasteiger partial charge on any atom is -0.355 e. The molecule has 0 saturated heterocycles. The van der Waals surface area contributed by atoms with E-state index in [4.69, 9.17) is 5.73 Å². The summed E-state index contributed by atoms with van der Waals surface area (Å²) in [5.74, 6) is 0.795. The monoisotopic (exact) mass is 261 g/mol. The number of carbonyl (C=O) groups excluding carboxylic acids is 1. The molecule has 1 aliphatic carbocycles. The van der Waals surface area contributed by atoms with Gasteiger partial charge in [0.2, 0.25) is 5.91 Å². The summed E-state index contributed by atoms with van der Waals surface area (Å²) in [5.41, 5.74) is 7.26. The van der Waals surface area contributed by atoms with Gasteiger partial charge in [-0.2, -0.15) is 0 Å². The maximum atomic E-state index is 11.5. The Bertz CT molecular complexity index is 390. The topological polar surface area (TPSA) is 67.1 Å². The lowest BCUT2D eigenvalue weighted by molar-refractivity contribution is -0.120. The molecule has 1 aromatic rings. The molecule has 19 heavy (non-hydrogen) atoms. The SMILES string of the molecule is N[C@H](CNCC(=O)NCC1CC1)Cc1ccccc1. The highest BCUT2D eigenvalue weighted by Gasteiger charge is 2.21. The molecule has 1 amide bonds. The molecular formula is C15H23N3O. The lowest BCUT2D eigenvalue weighted by Gasteiger charge is -2.12. The summed E-state index contributed by atoms with van der Waals surface area (Å²) in [4.78, 5) is 11.5. The van der Waals surface area contributed by atoms with Gasteiger partial charge in [0.15, 0.2) is 0 Å². The lowest BCUT2D eigenvalue weighted by Crippen LogP contribution is -2.41. The molecule has 1 aromatic carbocycles. The Hall–Kier alpha value is -1.39. The van der Waals surface area contributed by atoms with E-state index in [9.17, 15) is 4.79 Å². The van der Waals surface area contributed by atoms with Crippen molar-refractivity contribution in [3.63, 3.8) is 0 Å². The molecule has 4 N–H and O–H groups in total. The lowest BCUT2D eigenvalue weighted by atomic mass is 10.1. The normalized spacial score (nSPS) is 16.1. The summed E-state index contributed by atoms with van der Waals surface area (Å²) < 4.78 is 0. The number of hydrogen-bond acceptors (Lipinski definition) is 3. The minimum absolute atomic E-state index is 0.0404. The molecule has 0 bridgehead atoms. The number of benzene rings is 1. The average Bonchev–Trinajstić information content (AvgIpc) is 3.21. The summed E-state index contributed by atoms with van der Waals surface area (Å²) in [5, 5.41) is 6.04. The van der Waals surface area contributed by atoms with Crippen molar-refractivity contribution in [3.05, 3.63) is 35.9 Å². The predicted molar refractivity (Wildman–Crippen MR) is 76.7 cm³/mol. The molecule has 1 fully saturated rings. The third-order valence-electron chi connectivity index (χ3n) is 3.32. The molecule has 104 valence electrons. The first-order chi connectivity index (χ1) is 9.24. The molecule has 0 radical (unpaired) electrons. The second kappa shape index (κ2) is 7.26. The highest BCUT2D eigenvalue weighted by molar-refractivity contribution is 5.77. The Morgan fingerprint density at radius 2 is 2.05 bits per heavy atom. The van der Waals surface area contributed by atoms with Crippen molar-refractivity contribution in [3.8, 4) is 0 Å². The van der Waals surface area contributed by atoms with Gasteiger partial charge in [0.05, 0.1) is 6.54 Å². The van der Waals surface area contributed by atoms with Crippen molar-refractivity contribution in [1.82, 2.24) is 10.6 Å². The van der Waals surface area contributed by atoms with E-state index in [2.05, 4.69) is 22.8 Å².